The molecule has 0 fully saturated rings. The van der Waals surface area contributed by atoms with E-state index in [9.17, 15) is 0 Å². The van der Waals surface area contributed by atoms with Crippen LogP contribution in [0.15, 0.2) is 46.9 Å². The Morgan fingerprint density at radius 2 is 2.00 bits per heavy atom. The Hall–Kier alpha value is -1.72. The first-order valence-electron chi connectivity index (χ1n) is 5.58. The summed E-state index contributed by atoms with van der Waals surface area (Å²) in [6.07, 6.45) is 0. The summed E-state index contributed by atoms with van der Waals surface area (Å²) in [5.74, 6) is 0. The molecule has 1 heterocycles. The second kappa shape index (κ2) is 4.51. The van der Waals surface area contributed by atoms with Crippen LogP contribution in [-0.2, 0) is 6.54 Å². The van der Waals surface area contributed by atoms with Crippen molar-refractivity contribution in [2.24, 2.45) is 5.73 Å². The van der Waals surface area contributed by atoms with E-state index in [2.05, 4.69) is 26.2 Å². The number of hydrogen-bond acceptors (Lipinski definition) is 3. The van der Waals surface area contributed by atoms with Gasteiger partial charge in [0.05, 0.1) is 11.2 Å². The van der Waals surface area contributed by atoms with Crippen LogP contribution in [0.25, 0.3) is 16.7 Å². The van der Waals surface area contributed by atoms with Crippen molar-refractivity contribution in [3.63, 3.8) is 0 Å². The number of rotatable bonds is 2. The van der Waals surface area contributed by atoms with Crippen molar-refractivity contribution < 1.29 is 0 Å². The lowest BCUT2D eigenvalue weighted by Crippen LogP contribution is -2.01. The Balaban J connectivity index is 2.22. The van der Waals surface area contributed by atoms with E-state index >= 15 is 0 Å². The molecule has 0 spiro atoms. The predicted octanol–water partition coefficient (Wildman–Crippen LogP) is 2.64. The lowest BCUT2D eigenvalue weighted by molar-refractivity contribution is 0.821. The number of halogens is 1. The van der Waals surface area contributed by atoms with E-state index in [-0.39, 0.29) is 0 Å². The molecule has 0 aliphatic heterocycles. The monoisotopic (exact) mass is 302 g/mol. The molecule has 0 saturated heterocycles. The van der Waals surface area contributed by atoms with Gasteiger partial charge in [0, 0.05) is 11.0 Å². The fourth-order valence-corrected chi connectivity index (χ4v) is 2.46. The first-order chi connectivity index (χ1) is 8.78. The van der Waals surface area contributed by atoms with Crippen LogP contribution in [0.5, 0.6) is 0 Å². The molecule has 3 aromatic rings. The van der Waals surface area contributed by atoms with Crippen LogP contribution in [0, 0.1) is 0 Å². The Bertz CT molecular complexity index is 705. The number of hydrogen-bond donors (Lipinski definition) is 1. The number of benzene rings is 2. The molecule has 0 aliphatic carbocycles. The summed E-state index contributed by atoms with van der Waals surface area (Å²) in [6.45, 7) is 0.499. The van der Waals surface area contributed by atoms with Gasteiger partial charge in [-0.2, -0.15) is 0 Å². The lowest BCUT2D eigenvalue weighted by Gasteiger charge is -2.05. The molecule has 2 N–H and O–H groups in total. The lowest BCUT2D eigenvalue weighted by atomic mass is 10.2. The van der Waals surface area contributed by atoms with Gasteiger partial charge in [0.2, 0.25) is 0 Å². The average Bonchev–Trinajstić information content (AvgIpc) is 2.81. The second-order valence-corrected chi connectivity index (χ2v) is 4.93. The third-order valence-electron chi connectivity index (χ3n) is 2.77. The van der Waals surface area contributed by atoms with E-state index in [1.807, 2.05) is 47.1 Å². The van der Waals surface area contributed by atoms with Gasteiger partial charge in [-0.25, -0.2) is 4.68 Å². The molecule has 4 nitrogen and oxygen atoms in total. The molecule has 2 aromatic carbocycles. The summed E-state index contributed by atoms with van der Waals surface area (Å²) in [7, 11) is 0. The van der Waals surface area contributed by atoms with Gasteiger partial charge in [-0.05, 0) is 35.9 Å². The molecule has 0 radical (unpaired) electrons. The Labute approximate surface area is 113 Å². The summed E-state index contributed by atoms with van der Waals surface area (Å²) in [6, 6.07) is 13.9. The first-order valence-corrected chi connectivity index (χ1v) is 6.37. The standard InChI is InChI=1S/C13H11BrN4/c14-10-5-9(8-15)6-11(7-10)18-13-4-2-1-3-12(13)16-17-18/h1-7H,8,15H2. The fourth-order valence-electron chi connectivity index (χ4n) is 1.93. The number of para-hydroxylation sites is 1. The summed E-state index contributed by atoms with van der Waals surface area (Å²) < 4.78 is 2.80. The Morgan fingerprint density at radius 3 is 2.83 bits per heavy atom. The van der Waals surface area contributed by atoms with Crippen molar-refractivity contribution in [3.05, 3.63) is 52.5 Å². The molecular formula is C13H11BrN4. The molecule has 0 aliphatic rings. The normalized spacial score (nSPS) is 11.0. The smallest absolute Gasteiger partial charge is 0.113 e. The van der Waals surface area contributed by atoms with Crippen molar-refractivity contribution in [2.75, 3.05) is 0 Å². The van der Waals surface area contributed by atoms with E-state index in [0.29, 0.717) is 6.54 Å². The second-order valence-electron chi connectivity index (χ2n) is 4.01. The van der Waals surface area contributed by atoms with Crippen LogP contribution in [0.1, 0.15) is 5.56 Å². The van der Waals surface area contributed by atoms with Gasteiger partial charge in [0.15, 0.2) is 0 Å². The molecule has 18 heavy (non-hydrogen) atoms. The van der Waals surface area contributed by atoms with Crippen LogP contribution in [0.4, 0.5) is 0 Å². The van der Waals surface area contributed by atoms with Crippen molar-refractivity contribution in [1.82, 2.24) is 15.0 Å². The van der Waals surface area contributed by atoms with E-state index in [0.717, 1.165) is 26.8 Å². The van der Waals surface area contributed by atoms with E-state index in [1.165, 1.54) is 0 Å². The van der Waals surface area contributed by atoms with Crippen molar-refractivity contribution >= 4 is 27.0 Å². The van der Waals surface area contributed by atoms with E-state index in [1.54, 1.807) is 0 Å². The highest BCUT2D eigenvalue weighted by Gasteiger charge is 2.07. The molecule has 1 aromatic heterocycles. The summed E-state index contributed by atoms with van der Waals surface area (Å²) >= 11 is 3.49. The van der Waals surface area contributed by atoms with Crippen LogP contribution in [0.2, 0.25) is 0 Å². The van der Waals surface area contributed by atoms with Crippen LogP contribution in [0.3, 0.4) is 0 Å². The van der Waals surface area contributed by atoms with Gasteiger partial charge in [0.1, 0.15) is 5.52 Å². The number of nitrogens with two attached hydrogens (primary N) is 1. The van der Waals surface area contributed by atoms with Crippen LogP contribution >= 0.6 is 15.9 Å². The van der Waals surface area contributed by atoms with Gasteiger partial charge in [0.25, 0.3) is 0 Å². The zero-order chi connectivity index (χ0) is 12.5. The first kappa shape index (κ1) is 11.4. The highest BCUT2D eigenvalue weighted by molar-refractivity contribution is 9.10. The zero-order valence-corrected chi connectivity index (χ0v) is 11.1. The quantitative estimate of drug-likeness (QED) is 0.792. The maximum absolute atomic E-state index is 5.69. The fraction of sp³-hybridized carbons (Fsp3) is 0.0769. The van der Waals surface area contributed by atoms with Crippen LogP contribution < -0.4 is 5.73 Å². The minimum Gasteiger partial charge on any atom is -0.326 e. The van der Waals surface area contributed by atoms with E-state index in [4.69, 9.17) is 5.73 Å². The van der Waals surface area contributed by atoms with E-state index < -0.39 is 0 Å². The molecule has 0 unspecified atom stereocenters. The molecular weight excluding hydrogens is 292 g/mol. The summed E-state index contributed by atoms with van der Waals surface area (Å²) in [5.41, 5.74) is 9.57. The molecule has 0 amide bonds. The third-order valence-corrected chi connectivity index (χ3v) is 3.23. The Morgan fingerprint density at radius 1 is 1.17 bits per heavy atom. The average molecular weight is 303 g/mol. The highest BCUT2D eigenvalue weighted by atomic mass is 79.9. The number of fused-ring (bicyclic) bond motifs is 1. The SMILES string of the molecule is NCc1cc(Br)cc(-n2nnc3ccccc32)c1. The minimum absolute atomic E-state index is 0.499. The molecule has 5 heteroatoms. The topological polar surface area (TPSA) is 56.7 Å². The zero-order valence-electron chi connectivity index (χ0n) is 9.55. The summed E-state index contributed by atoms with van der Waals surface area (Å²) in [5, 5.41) is 8.33. The van der Waals surface area contributed by atoms with Gasteiger partial charge in [-0.1, -0.05) is 33.3 Å². The predicted molar refractivity (Wildman–Crippen MR) is 74.5 cm³/mol. The molecule has 0 saturated carbocycles. The van der Waals surface area contributed by atoms with Crippen LogP contribution in [-0.4, -0.2) is 15.0 Å². The maximum atomic E-state index is 5.69. The minimum atomic E-state index is 0.499. The van der Waals surface area contributed by atoms with Gasteiger partial charge < -0.3 is 5.73 Å². The number of aromatic nitrogens is 3. The number of nitrogens with zero attached hydrogens (tertiary/aromatic N) is 3. The third kappa shape index (κ3) is 1.91. The van der Waals surface area contributed by atoms with Gasteiger partial charge in [-0.15, -0.1) is 5.10 Å². The Kier molecular flexibility index (Phi) is 2.85. The molecule has 3 rings (SSSR count). The largest absolute Gasteiger partial charge is 0.326 e. The molecule has 0 atom stereocenters. The summed E-state index contributed by atoms with van der Waals surface area (Å²) in [4.78, 5) is 0. The molecule has 90 valence electrons. The maximum Gasteiger partial charge on any atom is 0.113 e. The van der Waals surface area contributed by atoms with Crippen molar-refractivity contribution in [3.8, 4) is 5.69 Å². The highest BCUT2D eigenvalue weighted by Crippen LogP contribution is 2.21. The van der Waals surface area contributed by atoms with Gasteiger partial charge in [-0.3, -0.25) is 0 Å². The van der Waals surface area contributed by atoms with Crippen molar-refractivity contribution in [1.29, 1.82) is 0 Å². The van der Waals surface area contributed by atoms with Gasteiger partial charge >= 0.3 is 0 Å². The molecule has 0 bridgehead atoms. The van der Waals surface area contributed by atoms with Crippen molar-refractivity contribution in [2.45, 2.75) is 6.54 Å².